The van der Waals surface area contributed by atoms with E-state index >= 15 is 0 Å². The van der Waals surface area contributed by atoms with Crippen LogP contribution in [0.1, 0.15) is 49.7 Å². The first-order valence-corrected chi connectivity index (χ1v) is 6.79. The number of aryl methyl sites for hydroxylation is 2. The van der Waals surface area contributed by atoms with Gasteiger partial charge in [0.2, 0.25) is 0 Å². The second-order valence-electron chi connectivity index (χ2n) is 5.76. The molecule has 1 saturated heterocycles. The summed E-state index contributed by atoms with van der Waals surface area (Å²) in [6, 6.07) is 0.0808. The summed E-state index contributed by atoms with van der Waals surface area (Å²) in [5, 5.41) is 14.0. The van der Waals surface area contributed by atoms with Gasteiger partial charge >= 0.3 is 5.97 Å². The lowest BCUT2D eigenvalue weighted by atomic mass is 9.95. The molecule has 2 heterocycles. The third-order valence-corrected chi connectivity index (χ3v) is 4.61. The summed E-state index contributed by atoms with van der Waals surface area (Å²) < 4.78 is 1.87. The van der Waals surface area contributed by atoms with Crippen molar-refractivity contribution in [3.63, 3.8) is 0 Å². The van der Waals surface area contributed by atoms with Crippen LogP contribution < -0.4 is 0 Å². The smallest absolute Gasteiger partial charge is 0.323 e. The molecule has 1 N–H and O–H groups in total. The highest BCUT2D eigenvalue weighted by Crippen LogP contribution is 2.38. The van der Waals surface area contributed by atoms with E-state index in [9.17, 15) is 9.90 Å². The molecule has 5 nitrogen and oxygen atoms in total. The molecule has 0 radical (unpaired) electrons. The number of hydrogen-bond donors (Lipinski definition) is 1. The van der Waals surface area contributed by atoms with Crippen molar-refractivity contribution < 1.29 is 9.90 Å². The zero-order valence-electron chi connectivity index (χ0n) is 12.4. The maximum atomic E-state index is 11.6. The van der Waals surface area contributed by atoms with Gasteiger partial charge in [-0.05, 0) is 47.1 Å². The molecule has 1 aliphatic heterocycles. The number of hydrogen-bond acceptors (Lipinski definition) is 3. The third kappa shape index (κ3) is 2.06. The molecule has 0 aliphatic carbocycles. The van der Waals surface area contributed by atoms with Crippen LogP contribution in [0.4, 0.5) is 0 Å². The van der Waals surface area contributed by atoms with Crippen LogP contribution in [0.5, 0.6) is 0 Å². The Morgan fingerprint density at radius 2 is 2.11 bits per heavy atom. The standard InChI is InChI=1S/C14H23N3O2/c1-9-12(10(2)16(5)15-9)11(3)17-8-6-7-14(17,4)13(18)19/h11H,6-8H2,1-5H3,(H,18,19). The first-order valence-electron chi connectivity index (χ1n) is 6.79. The van der Waals surface area contributed by atoms with E-state index in [2.05, 4.69) is 16.9 Å². The molecule has 106 valence electrons. The Morgan fingerprint density at radius 1 is 1.47 bits per heavy atom. The van der Waals surface area contributed by atoms with Gasteiger partial charge in [0.15, 0.2) is 0 Å². The van der Waals surface area contributed by atoms with Crippen molar-refractivity contribution >= 4 is 5.97 Å². The molecule has 0 spiro atoms. The fourth-order valence-electron chi connectivity index (χ4n) is 3.39. The number of aliphatic carboxylic acids is 1. The zero-order chi connectivity index (χ0) is 14.4. The van der Waals surface area contributed by atoms with Crippen molar-refractivity contribution in [3.05, 3.63) is 17.0 Å². The van der Waals surface area contributed by atoms with Crippen molar-refractivity contribution in [2.45, 2.75) is 52.1 Å². The fraction of sp³-hybridized carbons (Fsp3) is 0.714. The lowest BCUT2D eigenvalue weighted by Gasteiger charge is -2.36. The Hall–Kier alpha value is -1.36. The molecule has 2 atom stereocenters. The molecule has 2 unspecified atom stereocenters. The summed E-state index contributed by atoms with van der Waals surface area (Å²) in [6.45, 7) is 8.79. The van der Waals surface area contributed by atoms with Gasteiger partial charge in [-0.2, -0.15) is 5.10 Å². The maximum Gasteiger partial charge on any atom is 0.323 e. The van der Waals surface area contributed by atoms with Crippen LogP contribution in [0, 0.1) is 13.8 Å². The van der Waals surface area contributed by atoms with Crippen LogP contribution in [0.15, 0.2) is 0 Å². The minimum Gasteiger partial charge on any atom is -0.480 e. The van der Waals surface area contributed by atoms with E-state index in [0.717, 1.165) is 29.9 Å². The number of carboxylic acid groups (broad SMARTS) is 1. The number of carboxylic acids is 1. The summed E-state index contributed by atoms with van der Waals surface area (Å²) in [5.41, 5.74) is 2.52. The molecule has 1 aliphatic rings. The lowest BCUT2D eigenvalue weighted by molar-refractivity contribution is -0.149. The first kappa shape index (κ1) is 14.1. The van der Waals surface area contributed by atoms with Gasteiger partial charge < -0.3 is 5.11 Å². The van der Waals surface area contributed by atoms with Gasteiger partial charge in [-0.15, -0.1) is 0 Å². The second kappa shape index (κ2) is 4.63. The van der Waals surface area contributed by atoms with Crippen molar-refractivity contribution in [2.75, 3.05) is 6.54 Å². The molecule has 2 rings (SSSR count). The molecule has 1 fully saturated rings. The number of nitrogens with zero attached hydrogens (tertiary/aromatic N) is 3. The summed E-state index contributed by atoms with van der Waals surface area (Å²) in [4.78, 5) is 13.7. The topological polar surface area (TPSA) is 58.4 Å². The fourth-order valence-corrected chi connectivity index (χ4v) is 3.39. The molecule has 1 aromatic rings. The normalized spacial score (nSPS) is 25.7. The van der Waals surface area contributed by atoms with Crippen LogP contribution in [0.25, 0.3) is 0 Å². The van der Waals surface area contributed by atoms with Gasteiger partial charge in [-0.25, -0.2) is 0 Å². The maximum absolute atomic E-state index is 11.6. The highest BCUT2D eigenvalue weighted by molar-refractivity contribution is 5.78. The Morgan fingerprint density at radius 3 is 2.58 bits per heavy atom. The number of aromatic nitrogens is 2. The van der Waals surface area contributed by atoms with Crippen molar-refractivity contribution in [2.24, 2.45) is 7.05 Å². The number of likely N-dealkylation sites (tertiary alicyclic amines) is 1. The quantitative estimate of drug-likeness (QED) is 0.908. The van der Waals surface area contributed by atoms with Crippen LogP contribution in [-0.4, -0.2) is 37.8 Å². The summed E-state index contributed by atoms with van der Waals surface area (Å²) in [7, 11) is 1.93. The zero-order valence-corrected chi connectivity index (χ0v) is 12.4. The van der Waals surface area contributed by atoms with E-state index in [0.29, 0.717) is 6.42 Å². The molecule has 19 heavy (non-hydrogen) atoms. The molecule has 0 aromatic carbocycles. The van der Waals surface area contributed by atoms with E-state index in [-0.39, 0.29) is 6.04 Å². The predicted octanol–water partition coefficient (Wildman–Crippen LogP) is 2.04. The number of rotatable bonds is 3. The third-order valence-electron chi connectivity index (χ3n) is 4.61. The van der Waals surface area contributed by atoms with Crippen LogP contribution in [-0.2, 0) is 11.8 Å². The molecule has 5 heteroatoms. The van der Waals surface area contributed by atoms with Gasteiger partial charge in [-0.3, -0.25) is 14.4 Å². The summed E-state index contributed by atoms with van der Waals surface area (Å²) >= 11 is 0. The summed E-state index contributed by atoms with van der Waals surface area (Å²) in [5.74, 6) is -0.726. The van der Waals surface area contributed by atoms with Crippen LogP contribution in [0.3, 0.4) is 0 Å². The Labute approximate surface area is 114 Å². The molecule has 0 amide bonds. The average Bonchev–Trinajstić information content (AvgIpc) is 2.82. The van der Waals surface area contributed by atoms with E-state index in [1.165, 1.54) is 0 Å². The Bertz CT molecular complexity index is 509. The van der Waals surface area contributed by atoms with Gasteiger partial charge in [-0.1, -0.05) is 0 Å². The van der Waals surface area contributed by atoms with Crippen molar-refractivity contribution in [1.82, 2.24) is 14.7 Å². The highest BCUT2D eigenvalue weighted by atomic mass is 16.4. The molecule has 1 aromatic heterocycles. The Balaban J connectivity index is 2.39. The first-order chi connectivity index (χ1) is 8.79. The Kier molecular flexibility index (Phi) is 3.43. The minimum absolute atomic E-state index is 0.0808. The van der Waals surface area contributed by atoms with Crippen molar-refractivity contribution in [1.29, 1.82) is 0 Å². The predicted molar refractivity (Wildman–Crippen MR) is 73.1 cm³/mol. The second-order valence-corrected chi connectivity index (χ2v) is 5.76. The average molecular weight is 265 g/mol. The molecular formula is C14H23N3O2. The van der Waals surface area contributed by atoms with E-state index in [1.807, 2.05) is 32.5 Å². The largest absolute Gasteiger partial charge is 0.480 e. The van der Waals surface area contributed by atoms with Crippen LogP contribution in [0.2, 0.25) is 0 Å². The number of carbonyl (C=O) groups is 1. The SMILES string of the molecule is Cc1nn(C)c(C)c1C(C)N1CCCC1(C)C(=O)O. The van der Waals surface area contributed by atoms with E-state index in [4.69, 9.17) is 0 Å². The minimum atomic E-state index is -0.756. The van der Waals surface area contributed by atoms with Crippen LogP contribution >= 0.6 is 0 Å². The molecule has 0 bridgehead atoms. The molecule has 0 saturated carbocycles. The van der Waals surface area contributed by atoms with Crippen molar-refractivity contribution in [3.8, 4) is 0 Å². The highest BCUT2D eigenvalue weighted by Gasteiger charge is 2.46. The summed E-state index contributed by atoms with van der Waals surface area (Å²) in [6.07, 6.45) is 1.65. The van der Waals surface area contributed by atoms with E-state index in [1.54, 1.807) is 0 Å². The molecular weight excluding hydrogens is 242 g/mol. The monoisotopic (exact) mass is 265 g/mol. The lowest BCUT2D eigenvalue weighted by Crippen LogP contribution is -2.49. The van der Waals surface area contributed by atoms with E-state index < -0.39 is 11.5 Å². The van der Waals surface area contributed by atoms with Gasteiger partial charge in [0.05, 0.1) is 5.69 Å². The van der Waals surface area contributed by atoms with Gasteiger partial charge in [0.1, 0.15) is 5.54 Å². The van der Waals surface area contributed by atoms with Gasteiger partial charge in [0.25, 0.3) is 0 Å². The van der Waals surface area contributed by atoms with Gasteiger partial charge in [0, 0.05) is 24.3 Å².